The summed E-state index contributed by atoms with van der Waals surface area (Å²) in [5, 5.41) is 2.81. The van der Waals surface area contributed by atoms with Gasteiger partial charge in [-0.15, -0.1) is 0 Å². The molecule has 0 spiro atoms. The monoisotopic (exact) mass is 512 g/mol. The van der Waals surface area contributed by atoms with Gasteiger partial charge in [-0.2, -0.15) is 13.2 Å². The van der Waals surface area contributed by atoms with Crippen molar-refractivity contribution >= 4 is 21.7 Å². The standard InChI is InChI=1S/C24H31F3N4O3S/c1-16-10-12-31(13-11-16)22-20(8-9-21(30-22)24(25,26)27)14-29-23(32)17(2)19-6-4-18(5-7-19)15-35(33,34)28-3/h4-9,16-17,28H,10-15H2,1-3H3,(H,29,32). The van der Waals surface area contributed by atoms with Gasteiger partial charge in [0.1, 0.15) is 11.5 Å². The zero-order chi connectivity index (χ0) is 25.8. The number of anilines is 1. The van der Waals surface area contributed by atoms with Crippen molar-refractivity contribution in [1.82, 2.24) is 15.0 Å². The quantitative estimate of drug-likeness (QED) is 0.562. The van der Waals surface area contributed by atoms with E-state index in [4.69, 9.17) is 0 Å². The SMILES string of the molecule is CNS(=O)(=O)Cc1ccc(C(C)C(=O)NCc2ccc(C(F)(F)F)nc2N2CCC(C)CC2)cc1. The van der Waals surface area contributed by atoms with E-state index in [9.17, 15) is 26.4 Å². The number of aromatic nitrogens is 1. The van der Waals surface area contributed by atoms with E-state index in [1.807, 2.05) is 4.90 Å². The summed E-state index contributed by atoms with van der Waals surface area (Å²) in [6, 6.07) is 9.03. The van der Waals surface area contributed by atoms with E-state index >= 15 is 0 Å². The van der Waals surface area contributed by atoms with E-state index in [1.54, 1.807) is 31.2 Å². The number of hydrogen-bond donors (Lipinski definition) is 2. The van der Waals surface area contributed by atoms with Crippen LogP contribution in [0.3, 0.4) is 0 Å². The highest BCUT2D eigenvalue weighted by molar-refractivity contribution is 7.88. The highest BCUT2D eigenvalue weighted by Gasteiger charge is 2.34. The van der Waals surface area contributed by atoms with Gasteiger partial charge in [-0.25, -0.2) is 18.1 Å². The fourth-order valence-electron chi connectivity index (χ4n) is 3.95. The molecule has 2 N–H and O–H groups in total. The Morgan fingerprint density at radius 3 is 2.34 bits per heavy atom. The van der Waals surface area contributed by atoms with Crippen LogP contribution in [-0.2, 0) is 33.3 Å². The van der Waals surface area contributed by atoms with Crippen LogP contribution >= 0.6 is 0 Å². The number of rotatable bonds is 8. The van der Waals surface area contributed by atoms with E-state index in [2.05, 4.69) is 21.9 Å². The zero-order valence-corrected chi connectivity index (χ0v) is 20.8. The van der Waals surface area contributed by atoms with Crippen molar-refractivity contribution in [2.24, 2.45) is 5.92 Å². The lowest BCUT2D eigenvalue weighted by Crippen LogP contribution is -2.35. The summed E-state index contributed by atoms with van der Waals surface area (Å²) in [5.74, 6) is -0.227. The number of carbonyl (C=O) groups excluding carboxylic acids is 1. The van der Waals surface area contributed by atoms with Gasteiger partial charge in [0.15, 0.2) is 0 Å². The van der Waals surface area contributed by atoms with Crippen LogP contribution < -0.4 is 14.9 Å². The molecule has 1 unspecified atom stereocenters. The Labute approximate surface area is 204 Å². The Kier molecular flexibility index (Phi) is 8.42. The molecule has 2 aromatic rings. The van der Waals surface area contributed by atoms with Crippen molar-refractivity contribution in [3.05, 3.63) is 58.8 Å². The molecule has 2 heterocycles. The lowest BCUT2D eigenvalue weighted by Gasteiger charge is -2.33. The molecule has 7 nitrogen and oxygen atoms in total. The second-order valence-electron chi connectivity index (χ2n) is 8.99. The molecule has 1 aromatic carbocycles. The first-order chi connectivity index (χ1) is 16.4. The van der Waals surface area contributed by atoms with Crippen molar-refractivity contribution < 1.29 is 26.4 Å². The third-order valence-electron chi connectivity index (χ3n) is 6.32. The molecule has 1 aliphatic rings. The van der Waals surface area contributed by atoms with Crippen LogP contribution in [0, 0.1) is 5.92 Å². The number of carbonyl (C=O) groups is 1. The Hall–Kier alpha value is -2.66. The first-order valence-electron chi connectivity index (χ1n) is 11.5. The molecule has 0 saturated carbocycles. The number of nitrogens with one attached hydrogen (secondary N) is 2. The number of hydrogen-bond acceptors (Lipinski definition) is 5. The van der Waals surface area contributed by atoms with Crippen LogP contribution in [0.25, 0.3) is 0 Å². The molecule has 35 heavy (non-hydrogen) atoms. The van der Waals surface area contributed by atoms with Crippen LogP contribution in [0.4, 0.5) is 19.0 Å². The van der Waals surface area contributed by atoms with Gasteiger partial charge in [-0.3, -0.25) is 4.79 Å². The highest BCUT2D eigenvalue weighted by atomic mass is 32.2. The molecule has 1 aromatic heterocycles. The summed E-state index contributed by atoms with van der Waals surface area (Å²) in [6.07, 6.45) is -2.81. The second-order valence-corrected chi connectivity index (χ2v) is 10.9. The van der Waals surface area contributed by atoms with Gasteiger partial charge in [-0.1, -0.05) is 37.3 Å². The molecule has 1 atom stereocenters. The topological polar surface area (TPSA) is 91.4 Å². The minimum Gasteiger partial charge on any atom is -0.356 e. The third kappa shape index (κ3) is 7.17. The smallest absolute Gasteiger partial charge is 0.356 e. The van der Waals surface area contributed by atoms with Gasteiger partial charge in [0.05, 0.1) is 11.7 Å². The Balaban J connectivity index is 1.71. The maximum absolute atomic E-state index is 13.3. The number of sulfonamides is 1. The fraction of sp³-hybridized carbons (Fsp3) is 0.500. The molecule has 11 heteroatoms. The van der Waals surface area contributed by atoms with E-state index < -0.39 is 27.8 Å². The summed E-state index contributed by atoms with van der Waals surface area (Å²) < 4.78 is 65.5. The summed E-state index contributed by atoms with van der Waals surface area (Å²) >= 11 is 0. The van der Waals surface area contributed by atoms with E-state index in [0.717, 1.165) is 18.9 Å². The van der Waals surface area contributed by atoms with Crippen LogP contribution in [-0.4, -0.2) is 39.4 Å². The summed E-state index contributed by atoms with van der Waals surface area (Å²) in [4.78, 5) is 18.6. The summed E-state index contributed by atoms with van der Waals surface area (Å²) in [7, 11) is -2.05. The lowest BCUT2D eigenvalue weighted by atomic mass is 9.98. The Bertz CT molecular complexity index is 1130. The molecular weight excluding hydrogens is 481 g/mol. The van der Waals surface area contributed by atoms with Gasteiger partial charge >= 0.3 is 6.18 Å². The largest absolute Gasteiger partial charge is 0.433 e. The molecule has 3 rings (SSSR count). The van der Waals surface area contributed by atoms with Gasteiger partial charge in [0.2, 0.25) is 15.9 Å². The van der Waals surface area contributed by atoms with Gasteiger partial charge < -0.3 is 10.2 Å². The predicted molar refractivity (Wildman–Crippen MR) is 128 cm³/mol. The Morgan fingerprint density at radius 2 is 1.77 bits per heavy atom. The minimum atomic E-state index is -4.55. The molecule has 1 amide bonds. The number of pyridine rings is 1. The summed E-state index contributed by atoms with van der Waals surface area (Å²) in [5.41, 5.74) is 0.867. The van der Waals surface area contributed by atoms with Gasteiger partial charge in [0, 0.05) is 25.2 Å². The average molecular weight is 513 g/mol. The molecule has 0 bridgehead atoms. The number of halogens is 3. The highest BCUT2D eigenvalue weighted by Crippen LogP contribution is 2.32. The molecule has 0 radical (unpaired) electrons. The molecule has 1 aliphatic heterocycles. The maximum atomic E-state index is 13.3. The second kappa shape index (κ2) is 10.9. The Morgan fingerprint density at radius 1 is 1.14 bits per heavy atom. The number of nitrogens with zero attached hydrogens (tertiary/aromatic N) is 2. The first-order valence-corrected chi connectivity index (χ1v) is 13.1. The van der Waals surface area contributed by atoms with Crippen molar-refractivity contribution in [3.63, 3.8) is 0 Å². The summed E-state index contributed by atoms with van der Waals surface area (Å²) in [6.45, 7) is 5.11. The number of benzene rings is 1. The first kappa shape index (κ1) is 26.9. The van der Waals surface area contributed by atoms with Crippen molar-refractivity contribution in [2.75, 3.05) is 25.0 Å². The van der Waals surface area contributed by atoms with E-state index in [0.29, 0.717) is 35.7 Å². The maximum Gasteiger partial charge on any atom is 0.433 e. The van der Waals surface area contributed by atoms with Gasteiger partial charge in [-0.05, 0) is 49.9 Å². The normalized spacial score (nSPS) is 16.2. The van der Waals surface area contributed by atoms with Crippen LogP contribution in [0.5, 0.6) is 0 Å². The number of piperidine rings is 1. The fourth-order valence-corrected chi connectivity index (χ4v) is 4.72. The molecule has 1 saturated heterocycles. The van der Waals surface area contributed by atoms with Crippen molar-refractivity contribution in [2.45, 2.75) is 51.1 Å². The van der Waals surface area contributed by atoms with Crippen LogP contribution in [0.1, 0.15) is 55.0 Å². The van der Waals surface area contributed by atoms with Crippen LogP contribution in [0.2, 0.25) is 0 Å². The van der Waals surface area contributed by atoms with Crippen molar-refractivity contribution in [1.29, 1.82) is 0 Å². The van der Waals surface area contributed by atoms with E-state index in [-0.39, 0.29) is 24.0 Å². The average Bonchev–Trinajstić information content (AvgIpc) is 2.82. The zero-order valence-electron chi connectivity index (χ0n) is 20.0. The minimum absolute atomic E-state index is 0.0498. The lowest BCUT2D eigenvalue weighted by molar-refractivity contribution is -0.141. The van der Waals surface area contributed by atoms with Crippen molar-refractivity contribution in [3.8, 4) is 0 Å². The molecular formula is C24H31F3N4O3S. The number of alkyl halides is 3. The van der Waals surface area contributed by atoms with Crippen LogP contribution in [0.15, 0.2) is 36.4 Å². The predicted octanol–water partition coefficient (Wildman–Crippen LogP) is 3.81. The molecule has 192 valence electrons. The third-order valence-corrected chi connectivity index (χ3v) is 7.66. The number of amides is 1. The van der Waals surface area contributed by atoms with Gasteiger partial charge in [0.25, 0.3) is 0 Å². The molecule has 1 fully saturated rings. The van der Waals surface area contributed by atoms with E-state index in [1.165, 1.54) is 13.1 Å². The molecule has 0 aliphatic carbocycles.